The van der Waals surface area contributed by atoms with E-state index in [1.165, 1.54) is 0 Å². The van der Waals surface area contributed by atoms with Crippen molar-refractivity contribution >= 4 is 17.4 Å². The molecule has 1 aromatic carbocycles. The Morgan fingerprint density at radius 2 is 2.10 bits per heavy atom. The van der Waals surface area contributed by atoms with Gasteiger partial charge >= 0.3 is 0 Å². The third-order valence-electron chi connectivity index (χ3n) is 3.19. The molecule has 1 fully saturated rings. The van der Waals surface area contributed by atoms with Crippen LogP contribution in [0.25, 0.3) is 0 Å². The molecule has 0 bridgehead atoms. The first-order valence-electron chi connectivity index (χ1n) is 6.99. The zero-order valence-corrected chi connectivity index (χ0v) is 12.7. The maximum Gasteiger partial charge on any atom is 0.178 e. The van der Waals surface area contributed by atoms with E-state index in [0.29, 0.717) is 22.9 Å². The molecule has 20 heavy (non-hydrogen) atoms. The normalized spacial score (nSPS) is 16.4. The number of nitrogens with one attached hydrogen (secondary N) is 1. The molecule has 4 nitrogen and oxygen atoms in total. The van der Waals surface area contributed by atoms with Crippen LogP contribution in [0.15, 0.2) is 18.2 Å². The van der Waals surface area contributed by atoms with Crippen LogP contribution in [0.2, 0.25) is 5.02 Å². The summed E-state index contributed by atoms with van der Waals surface area (Å²) in [5.74, 6) is 0.761. The van der Waals surface area contributed by atoms with Crippen LogP contribution in [0.3, 0.4) is 0 Å². The van der Waals surface area contributed by atoms with Gasteiger partial charge in [-0.05, 0) is 32.0 Å². The number of rotatable bonds is 5. The lowest BCUT2D eigenvalue weighted by Gasteiger charge is -2.26. The molecule has 110 valence electrons. The fourth-order valence-electron chi connectivity index (χ4n) is 2.22. The van der Waals surface area contributed by atoms with E-state index in [1.807, 2.05) is 13.8 Å². The molecule has 0 unspecified atom stereocenters. The van der Waals surface area contributed by atoms with E-state index >= 15 is 0 Å². The number of hydrogen-bond acceptors (Lipinski definition) is 4. The number of nitrogens with zero attached hydrogens (tertiary/aromatic N) is 1. The summed E-state index contributed by atoms with van der Waals surface area (Å²) < 4.78 is 5.57. The van der Waals surface area contributed by atoms with Crippen molar-refractivity contribution in [2.24, 2.45) is 0 Å². The number of carbonyl (C=O) groups excluding carboxylic acids is 1. The number of benzene rings is 1. The van der Waals surface area contributed by atoms with Gasteiger partial charge in [-0.2, -0.15) is 0 Å². The Morgan fingerprint density at radius 3 is 2.70 bits per heavy atom. The Kier molecular flexibility index (Phi) is 5.40. The van der Waals surface area contributed by atoms with Crippen molar-refractivity contribution < 1.29 is 9.53 Å². The Hall–Kier alpha value is -1.10. The van der Waals surface area contributed by atoms with E-state index in [0.717, 1.165) is 26.2 Å². The molecule has 1 aromatic rings. The van der Waals surface area contributed by atoms with E-state index in [4.69, 9.17) is 16.3 Å². The summed E-state index contributed by atoms with van der Waals surface area (Å²) in [5.41, 5.74) is 0.571. The van der Waals surface area contributed by atoms with E-state index in [9.17, 15) is 4.79 Å². The molecule has 1 aliphatic rings. The average Bonchev–Trinajstić information content (AvgIpc) is 2.39. The predicted molar refractivity (Wildman–Crippen MR) is 80.9 cm³/mol. The average molecular weight is 297 g/mol. The minimum atomic E-state index is 0.0630. The van der Waals surface area contributed by atoms with Gasteiger partial charge in [0.1, 0.15) is 5.75 Å². The van der Waals surface area contributed by atoms with Gasteiger partial charge in [0.25, 0.3) is 0 Å². The van der Waals surface area contributed by atoms with Crippen molar-refractivity contribution in [3.63, 3.8) is 0 Å². The SMILES string of the molecule is CC(C)Oc1ccc(C(=O)CN2CCNCC2)c(Cl)c1. The quantitative estimate of drug-likeness (QED) is 0.846. The lowest BCUT2D eigenvalue weighted by atomic mass is 10.1. The molecule has 0 amide bonds. The molecule has 1 aliphatic heterocycles. The maximum absolute atomic E-state index is 12.3. The highest BCUT2D eigenvalue weighted by Gasteiger charge is 2.17. The molecule has 1 saturated heterocycles. The van der Waals surface area contributed by atoms with Crippen molar-refractivity contribution in [2.45, 2.75) is 20.0 Å². The first-order valence-corrected chi connectivity index (χ1v) is 7.36. The second kappa shape index (κ2) is 7.07. The van der Waals surface area contributed by atoms with Crippen LogP contribution < -0.4 is 10.1 Å². The number of ether oxygens (including phenoxy) is 1. The molecule has 0 aliphatic carbocycles. The lowest BCUT2D eigenvalue weighted by molar-refractivity contribution is 0.0921. The smallest absolute Gasteiger partial charge is 0.178 e. The van der Waals surface area contributed by atoms with Crippen molar-refractivity contribution in [1.29, 1.82) is 0 Å². The van der Waals surface area contributed by atoms with Crippen LogP contribution in [0.1, 0.15) is 24.2 Å². The van der Waals surface area contributed by atoms with E-state index < -0.39 is 0 Å². The van der Waals surface area contributed by atoms with Gasteiger partial charge in [0.2, 0.25) is 0 Å². The highest BCUT2D eigenvalue weighted by atomic mass is 35.5. The molecule has 5 heteroatoms. The van der Waals surface area contributed by atoms with E-state index in [2.05, 4.69) is 10.2 Å². The molecule has 2 rings (SSSR count). The predicted octanol–water partition coefficient (Wildman–Crippen LogP) is 2.22. The molecule has 0 spiro atoms. The standard InChI is InChI=1S/C15H21ClN2O2/c1-11(2)20-12-3-4-13(14(16)9-12)15(19)10-18-7-5-17-6-8-18/h3-4,9,11,17H,5-8,10H2,1-2H3. The Bertz CT molecular complexity index is 471. The third kappa shape index (κ3) is 4.20. The highest BCUT2D eigenvalue weighted by molar-refractivity contribution is 6.34. The van der Waals surface area contributed by atoms with Crippen molar-refractivity contribution in [1.82, 2.24) is 10.2 Å². The fourth-order valence-corrected chi connectivity index (χ4v) is 2.50. The van der Waals surface area contributed by atoms with Gasteiger partial charge in [0.15, 0.2) is 5.78 Å². The first kappa shape index (κ1) is 15.3. The number of ketones is 1. The summed E-state index contributed by atoms with van der Waals surface area (Å²) in [6.07, 6.45) is 0.0912. The monoisotopic (exact) mass is 296 g/mol. The molecular formula is C15H21ClN2O2. The molecule has 0 aromatic heterocycles. The third-order valence-corrected chi connectivity index (χ3v) is 3.50. The van der Waals surface area contributed by atoms with Crippen LogP contribution >= 0.6 is 11.6 Å². The largest absolute Gasteiger partial charge is 0.491 e. The number of piperazine rings is 1. The topological polar surface area (TPSA) is 41.6 Å². The van der Waals surface area contributed by atoms with Crippen molar-refractivity contribution in [2.75, 3.05) is 32.7 Å². The summed E-state index contributed by atoms with van der Waals surface area (Å²) in [7, 11) is 0. The summed E-state index contributed by atoms with van der Waals surface area (Å²) in [4.78, 5) is 14.4. The summed E-state index contributed by atoms with van der Waals surface area (Å²) >= 11 is 6.19. The van der Waals surface area contributed by atoms with Gasteiger partial charge in [-0.15, -0.1) is 0 Å². The van der Waals surface area contributed by atoms with Crippen molar-refractivity contribution in [3.05, 3.63) is 28.8 Å². The second-order valence-corrected chi connectivity index (χ2v) is 5.66. The second-order valence-electron chi connectivity index (χ2n) is 5.26. The highest BCUT2D eigenvalue weighted by Crippen LogP contribution is 2.24. The maximum atomic E-state index is 12.3. The van der Waals surface area contributed by atoms with Gasteiger partial charge < -0.3 is 10.1 Å². The van der Waals surface area contributed by atoms with E-state index in [-0.39, 0.29) is 11.9 Å². The molecule has 0 atom stereocenters. The van der Waals surface area contributed by atoms with Gasteiger partial charge in [0.05, 0.1) is 17.7 Å². The van der Waals surface area contributed by atoms with Crippen molar-refractivity contribution in [3.8, 4) is 5.75 Å². The zero-order chi connectivity index (χ0) is 14.5. The molecule has 0 radical (unpaired) electrons. The zero-order valence-electron chi connectivity index (χ0n) is 12.0. The van der Waals surface area contributed by atoms with Gasteiger partial charge in [-0.3, -0.25) is 9.69 Å². The van der Waals surface area contributed by atoms with Crippen LogP contribution in [0.5, 0.6) is 5.75 Å². The lowest BCUT2D eigenvalue weighted by Crippen LogP contribution is -2.45. The number of carbonyl (C=O) groups is 1. The van der Waals surface area contributed by atoms with Gasteiger partial charge in [-0.25, -0.2) is 0 Å². The van der Waals surface area contributed by atoms with Crippen LogP contribution in [-0.4, -0.2) is 49.5 Å². The minimum absolute atomic E-state index is 0.0630. The van der Waals surface area contributed by atoms with Crippen LogP contribution in [0.4, 0.5) is 0 Å². The summed E-state index contributed by atoms with van der Waals surface area (Å²) in [5, 5.41) is 3.73. The number of Topliss-reactive ketones (excluding diaryl/α,β-unsaturated/α-hetero) is 1. The molecular weight excluding hydrogens is 276 g/mol. The Labute approximate surface area is 125 Å². The van der Waals surface area contributed by atoms with Crippen LogP contribution in [0, 0.1) is 0 Å². The first-order chi connectivity index (χ1) is 9.56. The fraction of sp³-hybridized carbons (Fsp3) is 0.533. The molecule has 0 saturated carbocycles. The molecule has 1 N–H and O–H groups in total. The summed E-state index contributed by atoms with van der Waals surface area (Å²) in [6, 6.07) is 5.27. The Morgan fingerprint density at radius 1 is 1.40 bits per heavy atom. The Balaban J connectivity index is 2.02. The molecule has 1 heterocycles. The number of halogens is 1. The van der Waals surface area contributed by atoms with Gasteiger partial charge in [-0.1, -0.05) is 11.6 Å². The summed E-state index contributed by atoms with van der Waals surface area (Å²) in [6.45, 7) is 8.00. The van der Waals surface area contributed by atoms with Crippen LogP contribution in [-0.2, 0) is 0 Å². The van der Waals surface area contributed by atoms with Gasteiger partial charge in [0, 0.05) is 31.7 Å². The minimum Gasteiger partial charge on any atom is -0.491 e. The van der Waals surface area contributed by atoms with E-state index in [1.54, 1.807) is 18.2 Å². The number of hydrogen-bond donors (Lipinski definition) is 1.